The summed E-state index contributed by atoms with van der Waals surface area (Å²) in [5, 5.41) is 0. The average Bonchev–Trinajstić information content (AvgIpc) is 2.87. The number of carbonyl (C=O) groups excluding carboxylic acids is 2. The second-order valence-corrected chi connectivity index (χ2v) is 11.3. The van der Waals surface area contributed by atoms with Gasteiger partial charge in [0.25, 0.3) is 0 Å². The number of morpholine rings is 1. The van der Waals surface area contributed by atoms with E-state index in [9.17, 15) is 9.59 Å². The Morgan fingerprint density at radius 3 is 2.16 bits per heavy atom. The molecule has 1 aliphatic heterocycles. The minimum Gasteiger partial charge on any atom is -0.466 e. The lowest BCUT2D eigenvalue weighted by Gasteiger charge is -2.36. The van der Waals surface area contributed by atoms with Crippen LogP contribution in [-0.4, -0.2) is 86.4 Å². The number of carbonyl (C=O) groups is 2. The van der Waals surface area contributed by atoms with E-state index in [-0.39, 0.29) is 17.5 Å². The molecule has 0 amide bonds. The Morgan fingerprint density at radius 2 is 1.57 bits per heavy atom. The molecular formula is C30H60N2O5. The minimum atomic E-state index is -0.107. The highest BCUT2D eigenvalue weighted by molar-refractivity contribution is 5.69. The molecule has 0 aromatic heterocycles. The molecule has 0 bridgehead atoms. The van der Waals surface area contributed by atoms with Crippen LogP contribution in [0.2, 0.25) is 0 Å². The Bertz CT molecular complexity index is 571. The summed E-state index contributed by atoms with van der Waals surface area (Å²) in [4.78, 5) is 29.0. The number of hydrogen-bond donors (Lipinski definition) is 0. The first-order valence-corrected chi connectivity index (χ1v) is 15.0. The number of unbranched alkanes of at least 4 members (excludes halogenated alkanes) is 1. The molecule has 0 spiro atoms. The molecule has 1 saturated heterocycles. The first-order chi connectivity index (χ1) is 17.6. The highest BCUT2D eigenvalue weighted by atomic mass is 16.5. The summed E-state index contributed by atoms with van der Waals surface area (Å²) in [6, 6.07) is 0. The third-order valence-corrected chi connectivity index (χ3v) is 6.79. The predicted molar refractivity (Wildman–Crippen MR) is 153 cm³/mol. The van der Waals surface area contributed by atoms with Crippen molar-refractivity contribution >= 4 is 11.9 Å². The van der Waals surface area contributed by atoms with Crippen molar-refractivity contribution in [2.75, 3.05) is 59.2 Å². The SMILES string of the molecule is CC.CCC(CCCCOC(=O)CCC(C)C)COC(=O)CCN(CCCN1CCOCC1)C(C)(C)C. The zero-order valence-corrected chi connectivity index (χ0v) is 25.6. The molecule has 0 saturated carbocycles. The zero-order valence-electron chi connectivity index (χ0n) is 25.6. The van der Waals surface area contributed by atoms with Crippen molar-refractivity contribution in [3.05, 3.63) is 0 Å². The van der Waals surface area contributed by atoms with Crippen LogP contribution in [-0.2, 0) is 23.8 Å². The topological polar surface area (TPSA) is 68.3 Å². The Balaban J connectivity index is 0.00000631. The highest BCUT2D eigenvalue weighted by Crippen LogP contribution is 2.17. The van der Waals surface area contributed by atoms with Crippen LogP contribution < -0.4 is 0 Å². The molecule has 220 valence electrons. The molecule has 1 rings (SSSR count). The first kappa shape index (κ1) is 35.8. The van der Waals surface area contributed by atoms with E-state index in [1.54, 1.807) is 0 Å². The van der Waals surface area contributed by atoms with Crippen LogP contribution in [0.5, 0.6) is 0 Å². The Labute approximate surface area is 229 Å². The summed E-state index contributed by atoms with van der Waals surface area (Å²) < 4.78 is 16.4. The molecule has 1 aliphatic rings. The second-order valence-electron chi connectivity index (χ2n) is 11.3. The summed E-state index contributed by atoms with van der Waals surface area (Å²) in [7, 11) is 0. The summed E-state index contributed by atoms with van der Waals surface area (Å²) in [6.45, 7) is 24.4. The van der Waals surface area contributed by atoms with Crippen LogP contribution in [0.3, 0.4) is 0 Å². The van der Waals surface area contributed by atoms with Gasteiger partial charge in [0.15, 0.2) is 0 Å². The standard InChI is InChI=1S/C28H54N2O5.C2H6/c1-7-25(11-8-9-20-34-26(31)13-12-24(2)3)23-35-27(32)14-17-30(28(4,5)6)16-10-15-29-18-21-33-22-19-29;1-2/h24-25H,7-23H2,1-6H3;1-2H3. The second kappa shape index (κ2) is 21.7. The van der Waals surface area contributed by atoms with Gasteiger partial charge < -0.3 is 14.2 Å². The monoisotopic (exact) mass is 528 g/mol. The largest absolute Gasteiger partial charge is 0.466 e. The zero-order chi connectivity index (χ0) is 28.1. The molecule has 0 N–H and O–H groups in total. The van der Waals surface area contributed by atoms with Crippen molar-refractivity contribution in [2.45, 2.75) is 112 Å². The molecule has 1 unspecified atom stereocenters. The maximum atomic E-state index is 12.4. The molecule has 0 aliphatic carbocycles. The number of nitrogens with zero attached hydrogens (tertiary/aromatic N) is 2. The van der Waals surface area contributed by atoms with Gasteiger partial charge in [-0.15, -0.1) is 0 Å². The Hall–Kier alpha value is -1.18. The van der Waals surface area contributed by atoms with Gasteiger partial charge in [0.2, 0.25) is 0 Å². The molecule has 1 heterocycles. The predicted octanol–water partition coefficient (Wildman–Crippen LogP) is 5.94. The fourth-order valence-electron chi connectivity index (χ4n) is 4.21. The van der Waals surface area contributed by atoms with Crippen LogP contribution in [0.25, 0.3) is 0 Å². The van der Waals surface area contributed by atoms with Gasteiger partial charge in [-0.2, -0.15) is 0 Å². The van der Waals surface area contributed by atoms with E-state index in [0.29, 0.717) is 37.9 Å². The van der Waals surface area contributed by atoms with E-state index in [1.807, 2.05) is 13.8 Å². The number of esters is 2. The highest BCUT2D eigenvalue weighted by Gasteiger charge is 2.22. The molecule has 0 aromatic carbocycles. The van der Waals surface area contributed by atoms with Crippen molar-refractivity contribution in [3.8, 4) is 0 Å². The number of rotatable bonds is 18. The van der Waals surface area contributed by atoms with Gasteiger partial charge in [-0.25, -0.2) is 0 Å². The average molecular weight is 529 g/mol. The van der Waals surface area contributed by atoms with Crippen molar-refractivity contribution < 1.29 is 23.8 Å². The smallest absolute Gasteiger partial charge is 0.307 e. The normalized spacial score (nSPS) is 15.3. The number of hydrogen-bond acceptors (Lipinski definition) is 7. The van der Waals surface area contributed by atoms with Gasteiger partial charge in [-0.1, -0.05) is 41.0 Å². The fraction of sp³-hybridized carbons (Fsp3) is 0.933. The van der Waals surface area contributed by atoms with E-state index in [1.165, 1.54) is 0 Å². The molecule has 0 aromatic rings. The van der Waals surface area contributed by atoms with E-state index in [0.717, 1.165) is 84.5 Å². The lowest BCUT2D eigenvalue weighted by atomic mass is 10.0. The maximum Gasteiger partial charge on any atom is 0.307 e. The van der Waals surface area contributed by atoms with E-state index >= 15 is 0 Å². The van der Waals surface area contributed by atoms with Gasteiger partial charge in [0.05, 0.1) is 32.8 Å². The molecule has 37 heavy (non-hydrogen) atoms. The van der Waals surface area contributed by atoms with Gasteiger partial charge in [-0.05, 0) is 77.8 Å². The van der Waals surface area contributed by atoms with Crippen LogP contribution in [0.4, 0.5) is 0 Å². The summed E-state index contributed by atoms with van der Waals surface area (Å²) in [6.07, 6.45) is 6.72. The molecular weight excluding hydrogens is 468 g/mol. The van der Waals surface area contributed by atoms with Crippen molar-refractivity contribution in [1.29, 1.82) is 0 Å². The van der Waals surface area contributed by atoms with Gasteiger partial charge in [0, 0.05) is 31.6 Å². The molecule has 1 atom stereocenters. The van der Waals surface area contributed by atoms with Gasteiger partial charge in [-0.3, -0.25) is 19.4 Å². The van der Waals surface area contributed by atoms with Crippen molar-refractivity contribution in [1.82, 2.24) is 9.80 Å². The lowest BCUT2D eigenvalue weighted by Crippen LogP contribution is -2.44. The van der Waals surface area contributed by atoms with Crippen LogP contribution >= 0.6 is 0 Å². The first-order valence-electron chi connectivity index (χ1n) is 15.0. The van der Waals surface area contributed by atoms with E-state index in [4.69, 9.17) is 14.2 Å². The lowest BCUT2D eigenvalue weighted by molar-refractivity contribution is -0.146. The Kier molecular flexibility index (Phi) is 21.0. The van der Waals surface area contributed by atoms with E-state index < -0.39 is 0 Å². The van der Waals surface area contributed by atoms with Gasteiger partial charge >= 0.3 is 11.9 Å². The van der Waals surface area contributed by atoms with Crippen molar-refractivity contribution in [2.24, 2.45) is 11.8 Å². The summed E-state index contributed by atoms with van der Waals surface area (Å²) in [5.74, 6) is 0.685. The third-order valence-electron chi connectivity index (χ3n) is 6.79. The number of ether oxygens (including phenoxy) is 3. The molecule has 1 fully saturated rings. The Morgan fingerprint density at radius 1 is 0.919 bits per heavy atom. The quantitative estimate of drug-likeness (QED) is 0.161. The van der Waals surface area contributed by atoms with Crippen LogP contribution in [0.1, 0.15) is 107 Å². The summed E-state index contributed by atoms with van der Waals surface area (Å²) in [5.41, 5.74) is 0.0233. The molecule has 7 heteroatoms. The molecule has 7 nitrogen and oxygen atoms in total. The summed E-state index contributed by atoms with van der Waals surface area (Å²) >= 11 is 0. The van der Waals surface area contributed by atoms with Crippen molar-refractivity contribution in [3.63, 3.8) is 0 Å². The maximum absolute atomic E-state index is 12.4. The minimum absolute atomic E-state index is 0.0233. The fourth-order valence-corrected chi connectivity index (χ4v) is 4.21. The third kappa shape index (κ3) is 19.5. The van der Waals surface area contributed by atoms with E-state index in [2.05, 4.69) is 51.3 Å². The van der Waals surface area contributed by atoms with Gasteiger partial charge in [0.1, 0.15) is 0 Å². The van der Waals surface area contributed by atoms with Crippen LogP contribution in [0.15, 0.2) is 0 Å². The van der Waals surface area contributed by atoms with Crippen LogP contribution in [0, 0.1) is 11.8 Å². The molecule has 0 radical (unpaired) electrons.